The molecule has 0 radical (unpaired) electrons. The largest absolute Gasteiger partial charge is 0.382 e. The highest BCUT2D eigenvalue weighted by Gasteiger charge is 2.43. The van der Waals surface area contributed by atoms with Crippen LogP contribution in [0.25, 0.3) is 0 Å². The quantitative estimate of drug-likeness (QED) is 0.544. The van der Waals surface area contributed by atoms with Crippen LogP contribution in [0.15, 0.2) is 0 Å². The second-order valence-electron chi connectivity index (χ2n) is 5.32. The minimum Gasteiger partial charge on any atom is -0.382 e. The molecule has 2 aliphatic heterocycles. The normalized spacial score (nSPS) is 35.5. The Balaban J connectivity index is 1.75. The lowest BCUT2D eigenvalue weighted by Crippen LogP contribution is -2.42. The van der Waals surface area contributed by atoms with Crippen molar-refractivity contribution in [3.05, 3.63) is 0 Å². The molecule has 0 aromatic rings. The maximum atomic E-state index is 6.01. The molecular formula is C13H26BNO5. The van der Waals surface area contributed by atoms with E-state index in [4.69, 9.17) is 23.7 Å². The summed E-state index contributed by atoms with van der Waals surface area (Å²) in [6, 6.07) is 0.0322. The minimum absolute atomic E-state index is 0.0267. The molecule has 6 nitrogen and oxygen atoms in total. The average molecular weight is 287 g/mol. The Bertz CT molecular complexity index is 277. The molecular weight excluding hydrogens is 261 g/mol. The van der Waals surface area contributed by atoms with Crippen molar-refractivity contribution in [1.82, 2.24) is 4.90 Å². The van der Waals surface area contributed by atoms with Crippen LogP contribution in [0.5, 0.6) is 0 Å². The number of methoxy groups -OCH3 is 2. The lowest BCUT2D eigenvalue weighted by molar-refractivity contribution is -0.0615. The molecule has 7 heteroatoms. The molecule has 0 N–H and O–H groups in total. The van der Waals surface area contributed by atoms with Gasteiger partial charge in [-0.05, 0) is 0 Å². The summed E-state index contributed by atoms with van der Waals surface area (Å²) in [5.41, 5.74) is 0. The van der Waals surface area contributed by atoms with Crippen LogP contribution in [0.2, 0.25) is 0 Å². The molecule has 4 atom stereocenters. The van der Waals surface area contributed by atoms with Gasteiger partial charge in [-0.1, -0.05) is 0 Å². The molecule has 0 aromatic carbocycles. The zero-order valence-corrected chi connectivity index (χ0v) is 12.7. The van der Waals surface area contributed by atoms with Gasteiger partial charge in [0.05, 0.1) is 32.4 Å². The number of nitrogens with zero attached hydrogens (tertiary/aromatic N) is 1. The first-order valence-corrected chi connectivity index (χ1v) is 7.35. The molecule has 0 saturated carbocycles. The van der Waals surface area contributed by atoms with E-state index >= 15 is 0 Å². The standard InChI is InChI=1S/C13H26BNO5/c1-16-9-10-11(17-2)12(13(14)20-10)19-8-5-15-3-6-18-7-4-15/h10-13H,3-9,14H2,1-2H3/t10-,11?,12+,13-/m1/s1. The lowest BCUT2D eigenvalue weighted by atomic mass is 9.93. The molecule has 0 amide bonds. The molecule has 1 unspecified atom stereocenters. The van der Waals surface area contributed by atoms with Gasteiger partial charge in [0.2, 0.25) is 0 Å². The second kappa shape index (κ2) is 8.31. The van der Waals surface area contributed by atoms with Crippen LogP contribution in [0, 0.1) is 0 Å². The van der Waals surface area contributed by atoms with E-state index in [1.54, 1.807) is 14.2 Å². The van der Waals surface area contributed by atoms with E-state index in [-0.39, 0.29) is 24.3 Å². The summed E-state index contributed by atoms with van der Waals surface area (Å²) in [6.45, 7) is 5.77. The summed E-state index contributed by atoms with van der Waals surface area (Å²) in [5, 5.41) is 0. The fraction of sp³-hybridized carbons (Fsp3) is 1.00. The average Bonchev–Trinajstić information content (AvgIpc) is 2.76. The van der Waals surface area contributed by atoms with Gasteiger partial charge in [0.15, 0.2) is 0 Å². The van der Waals surface area contributed by atoms with Gasteiger partial charge in [0.25, 0.3) is 0 Å². The third kappa shape index (κ3) is 4.16. The predicted octanol–water partition coefficient (Wildman–Crippen LogP) is -1.28. The van der Waals surface area contributed by atoms with Gasteiger partial charge in [-0.25, -0.2) is 0 Å². The molecule has 0 bridgehead atoms. The zero-order valence-electron chi connectivity index (χ0n) is 12.7. The molecule has 20 heavy (non-hydrogen) atoms. The zero-order chi connectivity index (χ0) is 14.4. The Morgan fingerprint density at radius 3 is 2.60 bits per heavy atom. The van der Waals surface area contributed by atoms with Crippen LogP contribution < -0.4 is 0 Å². The highest BCUT2D eigenvalue weighted by molar-refractivity contribution is 6.11. The molecule has 0 aliphatic carbocycles. The Hall–Kier alpha value is -0.175. The summed E-state index contributed by atoms with van der Waals surface area (Å²) in [4.78, 5) is 2.36. The smallest absolute Gasteiger partial charge is 0.142 e. The van der Waals surface area contributed by atoms with Crippen molar-refractivity contribution in [1.29, 1.82) is 0 Å². The summed E-state index contributed by atoms with van der Waals surface area (Å²) in [5.74, 6) is 0. The van der Waals surface area contributed by atoms with E-state index in [2.05, 4.69) is 4.90 Å². The third-order valence-corrected chi connectivity index (χ3v) is 3.97. The van der Waals surface area contributed by atoms with Gasteiger partial charge < -0.3 is 23.7 Å². The summed E-state index contributed by atoms with van der Waals surface area (Å²) in [7, 11) is 5.40. The van der Waals surface area contributed by atoms with Gasteiger partial charge in [-0.2, -0.15) is 0 Å². The van der Waals surface area contributed by atoms with E-state index in [9.17, 15) is 0 Å². The van der Waals surface area contributed by atoms with Crippen molar-refractivity contribution in [3.8, 4) is 0 Å². The fourth-order valence-corrected chi connectivity index (χ4v) is 2.87. The van der Waals surface area contributed by atoms with Gasteiger partial charge in [0, 0.05) is 33.9 Å². The van der Waals surface area contributed by atoms with Crippen molar-refractivity contribution >= 4 is 7.85 Å². The number of ether oxygens (including phenoxy) is 5. The third-order valence-electron chi connectivity index (χ3n) is 3.97. The van der Waals surface area contributed by atoms with Gasteiger partial charge >= 0.3 is 0 Å². The van der Waals surface area contributed by atoms with Crippen LogP contribution in [0.1, 0.15) is 0 Å². The minimum atomic E-state index is -0.0605. The van der Waals surface area contributed by atoms with Crippen LogP contribution >= 0.6 is 0 Å². The highest BCUT2D eigenvalue weighted by Crippen LogP contribution is 2.24. The van der Waals surface area contributed by atoms with Crippen LogP contribution in [-0.4, -0.2) is 97.3 Å². The van der Waals surface area contributed by atoms with Crippen molar-refractivity contribution in [2.45, 2.75) is 24.3 Å². The van der Waals surface area contributed by atoms with Gasteiger partial charge in [-0.15, -0.1) is 0 Å². The van der Waals surface area contributed by atoms with Crippen LogP contribution in [-0.2, 0) is 23.7 Å². The van der Waals surface area contributed by atoms with Crippen molar-refractivity contribution in [2.24, 2.45) is 0 Å². The number of hydrogen-bond acceptors (Lipinski definition) is 6. The van der Waals surface area contributed by atoms with Gasteiger partial charge in [0.1, 0.15) is 26.2 Å². The lowest BCUT2D eigenvalue weighted by Gasteiger charge is -2.28. The topological polar surface area (TPSA) is 49.4 Å². The first kappa shape index (κ1) is 16.2. The Morgan fingerprint density at radius 1 is 1.20 bits per heavy atom. The van der Waals surface area contributed by atoms with E-state index in [0.29, 0.717) is 13.2 Å². The summed E-state index contributed by atoms with van der Waals surface area (Å²) >= 11 is 0. The highest BCUT2D eigenvalue weighted by atomic mass is 16.6. The first-order chi connectivity index (χ1) is 9.76. The van der Waals surface area contributed by atoms with E-state index < -0.39 is 0 Å². The van der Waals surface area contributed by atoms with E-state index in [1.165, 1.54) is 0 Å². The van der Waals surface area contributed by atoms with E-state index in [1.807, 2.05) is 7.85 Å². The Morgan fingerprint density at radius 2 is 1.95 bits per heavy atom. The predicted molar refractivity (Wildman–Crippen MR) is 76.9 cm³/mol. The number of rotatable bonds is 7. The molecule has 2 saturated heterocycles. The number of hydrogen-bond donors (Lipinski definition) is 0. The van der Waals surface area contributed by atoms with E-state index in [0.717, 1.165) is 32.8 Å². The molecule has 2 aliphatic rings. The molecule has 2 heterocycles. The Labute approximate surface area is 122 Å². The second-order valence-corrected chi connectivity index (χ2v) is 5.32. The Kier molecular flexibility index (Phi) is 6.73. The number of morpholine rings is 1. The summed E-state index contributed by atoms with van der Waals surface area (Å²) < 4.78 is 27.9. The maximum absolute atomic E-state index is 6.01. The van der Waals surface area contributed by atoms with Gasteiger partial charge in [-0.3, -0.25) is 4.90 Å². The van der Waals surface area contributed by atoms with Crippen LogP contribution in [0.3, 0.4) is 0 Å². The molecule has 2 rings (SSSR count). The summed E-state index contributed by atoms with van der Waals surface area (Å²) in [6.07, 6.45) is -0.135. The monoisotopic (exact) mass is 287 g/mol. The van der Waals surface area contributed by atoms with Crippen LogP contribution in [0.4, 0.5) is 0 Å². The SMILES string of the molecule is B[C@@H]1O[C@H](COC)C(OC)[C@@H]1OCCN1CCOCC1. The molecule has 2 fully saturated rings. The van der Waals surface area contributed by atoms with Crippen molar-refractivity contribution in [3.63, 3.8) is 0 Å². The van der Waals surface area contributed by atoms with Crippen molar-refractivity contribution in [2.75, 3.05) is 60.3 Å². The van der Waals surface area contributed by atoms with Crippen molar-refractivity contribution < 1.29 is 23.7 Å². The first-order valence-electron chi connectivity index (χ1n) is 7.35. The fourth-order valence-electron chi connectivity index (χ4n) is 2.87. The molecule has 116 valence electrons. The molecule has 0 spiro atoms. The maximum Gasteiger partial charge on any atom is 0.142 e. The molecule has 0 aromatic heterocycles.